The number of aromatic nitrogens is 3. The van der Waals surface area contributed by atoms with Crippen LogP contribution in [0.2, 0.25) is 5.02 Å². The van der Waals surface area contributed by atoms with Gasteiger partial charge in [-0.2, -0.15) is 4.98 Å². The molecule has 0 radical (unpaired) electrons. The lowest BCUT2D eigenvalue weighted by molar-refractivity contribution is 0.00706. The molecule has 3 N–H and O–H groups in total. The molecule has 2 saturated heterocycles. The Morgan fingerprint density at radius 3 is 2.79 bits per heavy atom. The Balaban J connectivity index is 1.30. The fourth-order valence-electron chi connectivity index (χ4n) is 3.74. The highest BCUT2D eigenvalue weighted by atomic mass is 35.5. The first-order valence-electron chi connectivity index (χ1n) is 9.42. The maximum Gasteiger partial charge on any atom is 0.296 e. The first-order chi connectivity index (χ1) is 14.1. The minimum atomic E-state index is -0.630. The minimum absolute atomic E-state index is 0.126. The molecular formula is C19H20ClN3O6. The highest BCUT2D eigenvalue weighted by Crippen LogP contribution is 2.30. The summed E-state index contributed by atoms with van der Waals surface area (Å²) in [7, 11) is 0. The second kappa shape index (κ2) is 7.58. The van der Waals surface area contributed by atoms with Gasteiger partial charge in [-0.15, -0.1) is 0 Å². The average molecular weight is 422 g/mol. The standard InChI is InChI=1S/C19H20ClN3O6/c20-11-5-13-18(21-12(11)4-3-9-1-2-10(6-24)28-9)23-19(22-13)29-15-8-27-16-14(25)7-26-17(15)16/h1-2,5,14-17,24-25H,3-4,6-8H2,(H,21,22,23)/t14-,15-,16-,17-/m1/s1. The summed E-state index contributed by atoms with van der Waals surface area (Å²) < 4.78 is 22.5. The number of fused-ring (bicyclic) bond motifs is 2. The molecule has 2 aliphatic heterocycles. The van der Waals surface area contributed by atoms with Crippen molar-refractivity contribution in [3.05, 3.63) is 40.4 Å². The summed E-state index contributed by atoms with van der Waals surface area (Å²) in [6.45, 7) is 0.436. The van der Waals surface area contributed by atoms with Gasteiger partial charge in [-0.3, -0.25) is 0 Å². The molecule has 10 heteroatoms. The van der Waals surface area contributed by atoms with Crippen LogP contribution in [0.5, 0.6) is 6.01 Å². The number of aliphatic hydroxyl groups excluding tert-OH is 2. The van der Waals surface area contributed by atoms with Crippen LogP contribution in [0.3, 0.4) is 0 Å². The number of rotatable bonds is 6. The topological polar surface area (TPSA) is 123 Å². The number of ether oxygens (including phenoxy) is 3. The SMILES string of the molecule is OCc1ccc(CCc2nc3nc(O[C@@H]4CO[C@H]5[C@@H]4OC[C@H]5O)[nH]c3cc2Cl)o1. The van der Waals surface area contributed by atoms with E-state index in [1.54, 1.807) is 12.1 Å². The van der Waals surface area contributed by atoms with Crippen LogP contribution in [-0.2, 0) is 28.9 Å². The smallest absolute Gasteiger partial charge is 0.296 e. The van der Waals surface area contributed by atoms with Crippen molar-refractivity contribution in [2.24, 2.45) is 0 Å². The lowest BCUT2D eigenvalue weighted by atomic mass is 10.1. The van der Waals surface area contributed by atoms with Crippen molar-refractivity contribution in [1.29, 1.82) is 0 Å². The molecule has 0 saturated carbocycles. The quantitative estimate of drug-likeness (QED) is 0.545. The van der Waals surface area contributed by atoms with E-state index in [4.69, 9.17) is 35.3 Å². The largest absolute Gasteiger partial charge is 0.464 e. The highest BCUT2D eigenvalue weighted by Gasteiger charge is 2.48. The van der Waals surface area contributed by atoms with E-state index in [0.29, 0.717) is 53.1 Å². The van der Waals surface area contributed by atoms with Crippen LogP contribution in [0.15, 0.2) is 22.6 Å². The third kappa shape index (κ3) is 3.60. The van der Waals surface area contributed by atoms with Gasteiger partial charge in [0, 0.05) is 6.42 Å². The molecule has 0 bridgehead atoms. The van der Waals surface area contributed by atoms with Gasteiger partial charge in [-0.25, -0.2) is 4.98 Å². The van der Waals surface area contributed by atoms with Crippen molar-refractivity contribution in [1.82, 2.24) is 15.0 Å². The van der Waals surface area contributed by atoms with Gasteiger partial charge in [0.2, 0.25) is 0 Å². The van der Waals surface area contributed by atoms with Crippen molar-refractivity contribution >= 4 is 22.8 Å². The number of nitrogens with zero attached hydrogens (tertiary/aromatic N) is 2. The molecule has 3 aromatic heterocycles. The van der Waals surface area contributed by atoms with Crippen LogP contribution < -0.4 is 4.74 Å². The molecule has 5 rings (SSSR count). The van der Waals surface area contributed by atoms with Crippen LogP contribution >= 0.6 is 11.6 Å². The Kier molecular flexibility index (Phi) is 4.92. The molecule has 0 spiro atoms. The average Bonchev–Trinajstić information content (AvgIpc) is 3.47. The molecule has 154 valence electrons. The molecule has 0 unspecified atom stereocenters. The Morgan fingerprint density at radius 2 is 1.97 bits per heavy atom. The number of pyridine rings is 1. The summed E-state index contributed by atoms with van der Waals surface area (Å²) in [4.78, 5) is 12.0. The molecule has 0 aliphatic carbocycles. The van der Waals surface area contributed by atoms with Crippen LogP contribution in [0.25, 0.3) is 11.2 Å². The number of halogens is 1. The molecule has 2 aliphatic rings. The van der Waals surface area contributed by atoms with E-state index in [1.165, 1.54) is 0 Å². The van der Waals surface area contributed by atoms with Crippen molar-refractivity contribution < 1.29 is 28.8 Å². The summed E-state index contributed by atoms with van der Waals surface area (Å²) >= 11 is 6.38. The van der Waals surface area contributed by atoms with E-state index in [2.05, 4.69) is 15.0 Å². The van der Waals surface area contributed by atoms with E-state index >= 15 is 0 Å². The number of hydrogen-bond acceptors (Lipinski definition) is 8. The molecule has 3 aromatic rings. The van der Waals surface area contributed by atoms with Gasteiger partial charge in [-0.1, -0.05) is 11.6 Å². The Hall–Kier alpha value is -2.17. The molecular weight excluding hydrogens is 402 g/mol. The van der Waals surface area contributed by atoms with Crippen LogP contribution in [0.4, 0.5) is 0 Å². The first kappa shape index (κ1) is 18.8. The Labute approximate surface area is 170 Å². The van der Waals surface area contributed by atoms with E-state index in [0.717, 1.165) is 5.76 Å². The van der Waals surface area contributed by atoms with Crippen molar-refractivity contribution in [3.8, 4) is 6.01 Å². The number of imidazole rings is 1. The third-order valence-corrected chi connectivity index (χ3v) is 5.53. The molecule has 0 amide bonds. The van der Waals surface area contributed by atoms with E-state index in [-0.39, 0.29) is 31.5 Å². The Morgan fingerprint density at radius 1 is 1.14 bits per heavy atom. The second-order valence-corrected chi connectivity index (χ2v) is 7.58. The van der Waals surface area contributed by atoms with Gasteiger partial charge >= 0.3 is 0 Å². The summed E-state index contributed by atoms with van der Waals surface area (Å²) in [5.41, 5.74) is 1.86. The first-order valence-corrected chi connectivity index (χ1v) is 9.80. The lowest BCUT2D eigenvalue weighted by Crippen LogP contribution is -2.34. The van der Waals surface area contributed by atoms with E-state index in [1.807, 2.05) is 6.07 Å². The predicted molar refractivity (Wildman–Crippen MR) is 101 cm³/mol. The van der Waals surface area contributed by atoms with Crippen molar-refractivity contribution in [3.63, 3.8) is 0 Å². The van der Waals surface area contributed by atoms with Crippen molar-refractivity contribution in [2.75, 3.05) is 13.2 Å². The normalized spacial score (nSPS) is 26.3. The lowest BCUT2D eigenvalue weighted by Gasteiger charge is -2.15. The second-order valence-electron chi connectivity index (χ2n) is 7.18. The van der Waals surface area contributed by atoms with Crippen molar-refractivity contribution in [2.45, 2.75) is 43.9 Å². The van der Waals surface area contributed by atoms with Gasteiger partial charge in [0.25, 0.3) is 6.01 Å². The van der Waals surface area contributed by atoms with Gasteiger partial charge in [-0.05, 0) is 24.6 Å². The van der Waals surface area contributed by atoms with Crippen LogP contribution in [0, 0.1) is 0 Å². The fourth-order valence-corrected chi connectivity index (χ4v) is 3.98. The number of furan rings is 1. The minimum Gasteiger partial charge on any atom is -0.464 e. The zero-order valence-corrected chi connectivity index (χ0v) is 16.1. The van der Waals surface area contributed by atoms with E-state index in [9.17, 15) is 5.11 Å². The van der Waals surface area contributed by atoms with Gasteiger partial charge in [0.1, 0.15) is 36.4 Å². The zero-order chi connectivity index (χ0) is 20.0. The molecule has 9 nitrogen and oxygen atoms in total. The summed E-state index contributed by atoms with van der Waals surface area (Å²) in [5, 5.41) is 19.4. The van der Waals surface area contributed by atoms with Gasteiger partial charge in [0.05, 0.1) is 29.4 Å². The monoisotopic (exact) mass is 421 g/mol. The fraction of sp³-hybridized carbons (Fsp3) is 0.474. The number of H-pyrrole nitrogens is 1. The molecule has 0 aromatic carbocycles. The molecule has 2 fully saturated rings. The number of aromatic amines is 1. The van der Waals surface area contributed by atoms with Crippen LogP contribution in [-0.4, -0.2) is 62.8 Å². The van der Waals surface area contributed by atoms with Gasteiger partial charge < -0.3 is 33.8 Å². The zero-order valence-electron chi connectivity index (χ0n) is 15.4. The number of nitrogens with one attached hydrogen (secondary N) is 1. The molecule has 4 atom stereocenters. The van der Waals surface area contributed by atoms with Crippen LogP contribution in [0.1, 0.15) is 17.2 Å². The van der Waals surface area contributed by atoms with E-state index < -0.39 is 6.10 Å². The predicted octanol–water partition coefficient (Wildman–Crippen LogP) is 1.39. The maximum absolute atomic E-state index is 9.83. The maximum atomic E-state index is 9.83. The number of hydrogen-bond donors (Lipinski definition) is 3. The van der Waals surface area contributed by atoms with Gasteiger partial charge in [0.15, 0.2) is 11.8 Å². The number of aliphatic hydroxyl groups is 2. The summed E-state index contributed by atoms with van der Waals surface area (Å²) in [6, 6.07) is 5.65. The number of aryl methyl sites for hydroxylation is 2. The summed E-state index contributed by atoms with van der Waals surface area (Å²) in [6.07, 6.45) is -0.489. The highest BCUT2D eigenvalue weighted by molar-refractivity contribution is 6.31. The third-order valence-electron chi connectivity index (χ3n) is 5.20. The molecule has 29 heavy (non-hydrogen) atoms. The summed E-state index contributed by atoms with van der Waals surface area (Å²) in [5.74, 6) is 1.29. The Bertz CT molecular complexity index is 1020. The molecule has 5 heterocycles.